The summed E-state index contributed by atoms with van der Waals surface area (Å²) < 4.78 is 1.12. The molecular formula is C11H17BrN2. The van der Waals surface area contributed by atoms with Crippen molar-refractivity contribution >= 4 is 15.9 Å². The minimum Gasteiger partial charge on any atom is -0.330 e. The van der Waals surface area contributed by atoms with Gasteiger partial charge in [0, 0.05) is 10.5 Å². The Labute approximate surface area is 94.2 Å². The lowest BCUT2D eigenvalue weighted by Crippen LogP contribution is -2.22. The zero-order valence-electron chi connectivity index (χ0n) is 8.70. The second-order valence-electron chi connectivity index (χ2n) is 3.61. The van der Waals surface area contributed by atoms with Gasteiger partial charge < -0.3 is 10.6 Å². The standard InChI is InChI=1S/C11H17BrN2/c1-14(2)11(7-8-13)9-3-5-10(12)6-4-9/h3-6,11H,7-8,13H2,1-2H3. The molecule has 0 saturated heterocycles. The molecule has 0 aliphatic rings. The molecule has 1 aromatic rings. The van der Waals surface area contributed by atoms with Crippen molar-refractivity contribution in [2.24, 2.45) is 5.73 Å². The molecule has 78 valence electrons. The van der Waals surface area contributed by atoms with Gasteiger partial charge in [0.15, 0.2) is 0 Å². The smallest absolute Gasteiger partial charge is 0.0354 e. The van der Waals surface area contributed by atoms with E-state index in [4.69, 9.17) is 5.73 Å². The van der Waals surface area contributed by atoms with Crippen molar-refractivity contribution in [2.75, 3.05) is 20.6 Å². The molecule has 0 radical (unpaired) electrons. The van der Waals surface area contributed by atoms with Crippen LogP contribution in [0.5, 0.6) is 0 Å². The number of nitrogens with zero attached hydrogens (tertiary/aromatic N) is 1. The number of nitrogens with two attached hydrogens (primary N) is 1. The van der Waals surface area contributed by atoms with Crippen LogP contribution in [0.25, 0.3) is 0 Å². The van der Waals surface area contributed by atoms with E-state index < -0.39 is 0 Å². The summed E-state index contributed by atoms with van der Waals surface area (Å²) in [5, 5.41) is 0. The quantitative estimate of drug-likeness (QED) is 0.897. The summed E-state index contributed by atoms with van der Waals surface area (Å²) in [6, 6.07) is 8.85. The predicted octanol–water partition coefficient (Wildman–Crippen LogP) is 2.40. The second kappa shape index (κ2) is 5.49. The van der Waals surface area contributed by atoms with Gasteiger partial charge >= 0.3 is 0 Å². The molecule has 0 spiro atoms. The van der Waals surface area contributed by atoms with E-state index in [9.17, 15) is 0 Å². The van der Waals surface area contributed by atoms with Gasteiger partial charge in [-0.2, -0.15) is 0 Å². The molecule has 14 heavy (non-hydrogen) atoms. The summed E-state index contributed by atoms with van der Waals surface area (Å²) in [5.74, 6) is 0. The Morgan fingerprint density at radius 3 is 2.29 bits per heavy atom. The first-order chi connectivity index (χ1) is 6.65. The molecule has 0 fully saturated rings. The Morgan fingerprint density at radius 2 is 1.86 bits per heavy atom. The van der Waals surface area contributed by atoms with Crippen molar-refractivity contribution in [3.63, 3.8) is 0 Å². The largest absolute Gasteiger partial charge is 0.330 e. The fourth-order valence-corrected chi connectivity index (χ4v) is 1.83. The topological polar surface area (TPSA) is 29.3 Å². The van der Waals surface area contributed by atoms with Crippen LogP contribution in [0.2, 0.25) is 0 Å². The third kappa shape index (κ3) is 3.08. The van der Waals surface area contributed by atoms with E-state index in [0.29, 0.717) is 6.04 Å². The third-order valence-electron chi connectivity index (χ3n) is 2.32. The molecule has 1 unspecified atom stereocenters. The normalized spacial score (nSPS) is 13.2. The first-order valence-corrected chi connectivity index (χ1v) is 5.56. The summed E-state index contributed by atoms with van der Waals surface area (Å²) >= 11 is 3.43. The van der Waals surface area contributed by atoms with E-state index in [1.807, 2.05) is 0 Å². The second-order valence-corrected chi connectivity index (χ2v) is 4.52. The molecule has 0 aliphatic heterocycles. The maximum absolute atomic E-state index is 5.60. The SMILES string of the molecule is CN(C)C(CCN)c1ccc(Br)cc1. The predicted molar refractivity (Wildman–Crippen MR) is 64.2 cm³/mol. The van der Waals surface area contributed by atoms with Crippen LogP contribution in [-0.2, 0) is 0 Å². The number of benzene rings is 1. The lowest BCUT2D eigenvalue weighted by atomic mass is 10.0. The van der Waals surface area contributed by atoms with Crippen molar-refractivity contribution in [3.8, 4) is 0 Å². The van der Waals surface area contributed by atoms with E-state index in [1.54, 1.807) is 0 Å². The fourth-order valence-electron chi connectivity index (χ4n) is 1.57. The highest BCUT2D eigenvalue weighted by molar-refractivity contribution is 9.10. The molecule has 0 amide bonds. The van der Waals surface area contributed by atoms with Gasteiger partial charge in [0.2, 0.25) is 0 Å². The van der Waals surface area contributed by atoms with Crippen LogP contribution >= 0.6 is 15.9 Å². The highest BCUT2D eigenvalue weighted by Gasteiger charge is 2.12. The van der Waals surface area contributed by atoms with Gasteiger partial charge in [0.1, 0.15) is 0 Å². The van der Waals surface area contributed by atoms with E-state index >= 15 is 0 Å². The summed E-state index contributed by atoms with van der Waals surface area (Å²) in [5.41, 5.74) is 6.92. The van der Waals surface area contributed by atoms with Crippen molar-refractivity contribution in [1.29, 1.82) is 0 Å². The lowest BCUT2D eigenvalue weighted by Gasteiger charge is -2.24. The molecule has 0 aromatic heterocycles. The van der Waals surface area contributed by atoms with Crippen LogP contribution in [0.15, 0.2) is 28.7 Å². The first kappa shape index (κ1) is 11.7. The fraction of sp³-hybridized carbons (Fsp3) is 0.455. The minimum atomic E-state index is 0.424. The van der Waals surface area contributed by atoms with E-state index in [1.165, 1.54) is 5.56 Å². The van der Waals surface area contributed by atoms with Crippen molar-refractivity contribution < 1.29 is 0 Å². The van der Waals surface area contributed by atoms with Crippen molar-refractivity contribution in [1.82, 2.24) is 4.90 Å². The van der Waals surface area contributed by atoms with Crippen molar-refractivity contribution in [2.45, 2.75) is 12.5 Å². The maximum atomic E-state index is 5.60. The molecule has 1 aromatic carbocycles. The Bertz CT molecular complexity index is 269. The van der Waals surface area contributed by atoms with Crippen LogP contribution in [0, 0.1) is 0 Å². The molecule has 0 saturated carbocycles. The summed E-state index contributed by atoms with van der Waals surface area (Å²) in [7, 11) is 4.17. The molecule has 0 bridgehead atoms. The highest BCUT2D eigenvalue weighted by Crippen LogP contribution is 2.22. The Kier molecular flexibility index (Phi) is 4.58. The summed E-state index contributed by atoms with van der Waals surface area (Å²) in [6.45, 7) is 0.721. The minimum absolute atomic E-state index is 0.424. The highest BCUT2D eigenvalue weighted by atomic mass is 79.9. The van der Waals surface area contributed by atoms with Gasteiger partial charge in [0.25, 0.3) is 0 Å². The Morgan fingerprint density at radius 1 is 1.29 bits per heavy atom. The average Bonchev–Trinajstić information content (AvgIpc) is 2.15. The summed E-state index contributed by atoms with van der Waals surface area (Å²) in [6.07, 6.45) is 0.995. The number of halogens is 1. The first-order valence-electron chi connectivity index (χ1n) is 4.77. The Hall–Kier alpha value is -0.380. The van der Waals surface area contributed by atoms with Crippen LogP contribution in [-0.4, -0.2) is 25.5 Å². The van der Waals surface area contributed by atoms with Crippen molar-refractivity contribution in [3.05, 3.63) is 34.3 Å². The molecule has 2 nitrogen and oxygen atoms in total. The van der Waals surface area contributed by atoms with Crippen LogP contribution < -0.4 is 5.73 Å². The molecular weight excluding hydrogens is 240 g/mol. The van der Waals surface area contributed by atoms with Gasteiger partial charge in [-0.05, 0) is 44.8 Å². The molecule has 1 rings (SSSR count). The maximum Gasteiger partial charge on any atom is 0.0354 e. The third-order valence-corrected chi connectivity index (χ3v) is 2.85. The summed E-state index contributed by atoms with van der Waals surface area (Å²) in [4.78, 5) is 2.20. The zero-order chi connectivity index (χ0) is 10.6. The molecule has 1 atom stereocenters. The monoisotopic (exact) mass is 256 g/mol. The number of hydrogen-bond donors (Lipinski definition) is 1. The van der Waals surface area contributed by atoms with E-state index in [-0.39, 0.29) is 0 Å². The van der Waals surface area contributed by atoms with E-state index in [0.717, 1.165) is 17.4 Å². The molecule has 3 heteroatoms. The van der Waals surface area contributed by atoms with E-state index in [2.05, 4.69) is 59.2 Å². The zero-order valence-corrected chi connectivity index (χ0v) is 10.3. The molecule has 0 aliphatic carbocycles. The number of rotatable bonds is 4. The average molecular weight is 257 g/mol. The van der Waals surface area contributed by atoms with Crippen LogP contribution in [0.1, 0.15) is 18.0 Å². The van der Waals surface area contributed by atoms with Gasteiger partial charge in [-0.15, -0.1) is 0 Å². The number of hydrogen-bond acceptors (Lipinski definition) is 2. The van der Waals surface area contributed by atoms with Gasteiger partial charge in [-0.3, -0.25) is 0 Å². The molecule has 0 heterocycles. The molecule has 2 N–H and O–H groups in total. The Balaban J connectivity index is 2.82. The van der Waals surface area contributed by atoms with Crippen LogP contribution in [0.4, 0.5) is 0 Å². The van der Waals surface area contributed by atoms with Gasteiger partial charge in [-0.1, -0.05) is 28.1 Å². The van der Waals surface area contributed by atoms with Gasteiger partial charge in [-0.25, -0.2) is 0 Å². The van der Waals surface area contributed by atoms with Gasteiger partial charge in [0.05, 0.1) is 0 Å². The lowest BCUT2D eigenvalue weighted by molar-refractivity contribution is 0.287. The van der Waals surface area contributed by atoms with Crippen LogP contribution in [0.3, 0.4) is 0 Å².